The first-order valence-electron chi connectivity index (χ1n) is 5.33. The van der Waals surface area contributed by atoms with E-state index in [0.29, 0.717) is 15.6 Å². The number of anilines is 1. The smallest absolute Gasteiger partial charge is 0.335 e. The number of nitrogens with one attached hydrogen (secondary N) is 1. The Balaban J connectivity index is 2.11. The molecule has 2 rings (SSSR count). The van der Waals surface area contributed by atoms with Crippen LogP contribution in [0.3, 0.4) is 0 Å². The van der Waals surface area contributed by atoms with Crippen molar-refractivity contribution in [1.29, 1.82) is 0 Å². The Morgan fingerprint density at radius 2 is 1.89 bits per heavy atom. The van der Waals surface area contributed by atoms with Crippen LogP contribution in [-0.2, 0) is 11.4 Å². The minimum atomic E-state index is -1.47. The van der Waals surface area contributed by atoms with E-state index in [1.807, 2.05) is 0 Å². The van der Waals surface area contributed by atoms with Crippen LogP contribution < -0.4 is 4.72 Å². The molecule has 0 aliphatic carbocycles. The Labute approximate surface area is 118 Å². The molecule has 0 fully saturated rings. The molecule has 2 aromatic rings. The van der Waals surface area contributed by atoms with Gasteiger partial charge in [0.25, 0.3) is 0 Å². The van der Waals surface area contributed by atoms with Crippen LogP contribution in [0.1, 0.15) is 10.4 Å². The van der Waals surface area contributed by atoms with Crippen molar-refractivity contribution in [3.8, 4) is 0 Å². The standard InChI is InChI=1S/C13H10ClNO3S/c14-10-2-1-3-11(8-10)15-19(18)12-6-4-9(5-7-12)13(16)17/h1-8,15H,(H,16,17). The second kappa shape index (κ2) is 5.97. The third-order valence-corrected chi connectivity index (χ3v) is 3.71. The van der Waals surface area contributed by atoms with Crippen LogP contribution in [0.25, 0.3) is 0 Å². The van der Waals surface area contributed by atoms with Crippen molar-refractivity contribution in [2.45, 2.75) is 4.90 Å². The third-order valence-electron chi connectivity index (χ3n) is 2.35. The SMILES string of the molecule is O=C(O)c1ccc([S+]([O-])Nc2cccc(Cl)c2)cc1. The normalized spacial score (nSPS) is 11.9. The number of aromatic carboxylic acids is 1. The lowest BCUT2D eigenvalue weighted by atomic mass is 10.2. The van der Waals surface area contributed by atoms with Crippen molar-refractivity contribution in [2.75, 3.05) is 4.72 Å². The minimum absolute atomic E-state index is 0.156. The lowest BCUT2D eigenvalue weighted by Crippen LogP contribution is -2.13. The van der Waals surface area contributed by atoms with Gasteiger partial charge in [0.2, 0.25) is 0 Å². The zero-order valence-electron chi connectivity index (χ0n) is 9.67. The lowest BCUT2D eigenvalue weighted by Gasteiger charge is -2.11. The van der Waals surface area contributed by atoms with Crippen LogP contribution in [0.5, 0.6) is 0 Å². The molecule has 2 aromatic carbocycles. The molecule has 1 unspecified atom stereocenters. The van der Waals surface area contributed by atoms with Crippen molar-refractivity contribution < 1.29 is 14.5 Å². The molecule has 0 aromatic heterocycles. The molecule has 0 aliphatic heterocycles. The summed E-state index contributed by atoms with van der Waals surface area (Å²) in [4.78, 5) is 11.2. The van der Waals surface area contributed by atoms with E-state index in [1.54, 1.807) is 24.3 Å². The summed E-state index contributed by atoms with van der Waals surface area (Å²) >= 11 is 4.36. The Morgan fingerprint density at radius 3 is 2.47 bits per heavy atom. The van der Waals surface area contributed by atoms with Gasteiger partial charge >= 0.3 is 5.97 Å². The van der Waals surface area contributed by atoms with E-state index in [-0.39, 0.29) is 5.56 Å². The summed E-state index contributed by atoms with van der Waals surface area (Å²) < 4.78 is 14.8. The molecular weight excluding hydrogens is 286 g/mol. The molecule has 98 valence electrons. The van der Waals surface area contributed by atoms with Gasteiger partial charge in [0.05, 0.1) is 11.3 Å². The van der Waals surface area contributed by atoms with Gasteiger partial charge in [0, 0.05) is 5.02 Å². The van der Waals surface area contributed by atoms with Gasteiger partial charge in [-0.1, -0.05) is 17.7 Å². The molecule has 2 N–H and O–H groups in total. The van der Waals surface area contributed by atoms with E-state index in [4.69, 9.17) is 16.7 Å². The van der Waals surface area contributed by atoms with Crippen LogP contribution in [0.2, 0.25) is 5.02 Å². The second-order valence-corrected chi connectivity index (χ2v) is 5.36. The average Bonchev–Trinajstić information content (AvgIpc) is 2.39. The van der Waals surface area contributed by atoms with Crippen molar-refractivity contribution in [1.82, 2.24) is 0 Å². The van der Waals surface area contributed by atoms with Gasteiger partial charge in [-0.2, -0.15) is 0 Å². The van der Waals surface area contributed by atoms with E-state index in [9.17, 15) is 9.35 Å². The van der Waals surface area contributed by atoms with Gasteiger partial charge in [-0.15, -0.1) is 0 Å². The van der Waals surface area contributed by atoms with Gasteiger partial charge < -0.3 is 9.66 Å². The van der Waals surface area contributed by atoms with Crippen LogP contribution >= 0.6 is 11.6 Å². The number of carbonyl (C=O) groups is 1. The highest BCUT2D eigenvalue weighted by Crippen LogP contribution is 2.19. The van der Waals surface area contributed by atoms with Gasteiger partial charge in [0.1, 0.15) is 11.4 Å². The Kier molecular flexibility index (Phi) is 4.31. The molecular formula is C13H10ClNO3S. The Morgan fingerprint density at radius 1 is 1.21 bits per heavy atom. The number of rotatable bonds is 4. The number of benzene rings is 2. The molecule has 0 radical (unpaired) electrons. The molecule has 1 atom stereocenters. The fourth-order valence-electron chi connectivity index (χ4n) is 1.44. The zero-order valence-corrected chi connectivity index (χ0v) is 11.2. The quantitative estimate of drug-likeness (QED) is 0.850. The highest BCUT2D eigenvalue weighted by atomic mass is 35.5. The van der Waals surface area contributed by atoms with Crippen molar-refractivity contribution in [3.63, 3.8) is 0 Å². The monoisotopic (exact) mass is 295 g/mol. The van der Waals surface area contributed by atoms with E-state index in [2.05, 4.69) is 4.72 Å². The molecule has 0 amide bonds. The maximum atomic E-state index is 12.0. The number of hydrogen-bond acceptors (Lipinski definition) is 3. The van der Waals surface area contributed by atoms with E-state index in [0.717, 1.165) is 0 Å². The number of carboxylic acid groups (broad SMARTS) is 1. The van der Waals surface area contributed by atoms with Gasteiger partial charge in [0.15, 0.2) is 4.90 Å². The maximum absolute atomic E-state index is 12.0. The van der Waals surface area contributed by atoms with E-state index >= 15 is 0 Å². The summed E-state index contributed by atoms with van der Waals surface area (Å²) in [6.45, 7) is 0. The number of carboxylic acids is 1. The fourth-order valence-corrected chi connectivity index (χ4v) is 2.47. The lowest BCUT2D eigenvalue weighted by molar-refractivity contribution is 0.0697. The molecule has 19 heavy (non-hydrogen) atoms. The summed E-state index contributed by atoms with van der Waals surface area (Å²) in [7, 11) is 0. The van der Waals surface area contributed by atoms with Crippen molar-refractivity contribution >= 4 is 34.6 Å². The number of halogens is 1. The van der Waals surface area contributed by atoms with Gasteiger partial charge in [-0.25, -0.2) is 9.52 Å². The topological polar surface area (TPSA) is 72.4 Å². The van der Waals surface area contributed by atoms with E-state index in [1.165, 1.54) is 24.3 Å². The zero-order chi connectivity index (χ0) is 13.8. The largest absolute Gasteiger partial charge is 0.588 e. The minimum Gasteiger partial charge on any atom is -0.588 e. The van der Waals surface area contributed by atoms with Crippen molar-refractivity contribution in [3.05, 3.63) is 59.1 Å². The fraction of sp³-hybridized carbons (Fsp3) is 0. The van der Waals surface area contributed by atoms with E-state index < -0.39 is 17.3 Å². The number of hydrogen-bond donors (Lipinski definition) is 2. The summed E-state index contributed by atoms with van der Waals surface area (Å²) in [6, 6.07) is 12.7. The maximum Gasteiger partial charge on any atom is 0.335 e. The highest BCUT2D eigenvalue weighted by molar-refractivity contribution is 7.92. The van der Waals surface area contributed by atoms with Gasteiger partial charge in [-0.05, 0) is 42.5 Å². The Bertz CT molecular complexity index is 589. The molecule has 0 spiro atoms. The molecule has 0 aliphatic rings. The van der Waals surface area contributed by atoms with Gasteiger partial charge in [-0.3, -0.25) is 0 Å². The Hall–Kier alpha value is -1.69. The predicted molar refractivity (Wildman–Crippen MR) is 74.9 cm³/mol. The molecule has 0 saturated carbocycles. The molecule has 0 saturated heterocycles. The first-order valence-corrected chi connectivity index (χ1v) is 6.86. The molecule has 4 nitrogen and oxygen atoms in total. The summed E-state index contributed by atoms with van der Waals surface area (Å²) in [5.41, 5.74) is 0.789. The van der Waals surface area contributed by atoms with Crippen LogP contribution in [0, 0.1) is 0 Å². The molecule has 6 heteroatoms. The predicted octanol–water partition coefficient (Wildman–Crippen LogP) is 3.17. The second-order valence-electron chi connectivity index (χ2n) is 3.71. The van der Waals surface area contributed by atoms with Crippen LogP contribution in [-0.4, -0.2) is 15.6 Å². The molecule has 0 heterocycles. The first kappa shape index (κ1) is 13.7. The van der Waals surface area contributed by atoms with Crippen LogP contribution in [0.4, 0.5) is 5.69 Å². The van der Waals surface area contributed by atoms with Crippen LogP contribution in [0.15, 0.2) is 53.4 Å². The third kappa shape index (κ3) is 3.64. The molecule has 0 bridgehead atoms. The average molecular weight is 296 g/mol. The summed E-state index contributed by atoms with van der Waals surface area (Å²) in [5, 5.41) is 9.32. The highest BCUT2D eigenvalue weighted by Gasteiger charge is 2.13. The summed E-state index contributed by atoms with van der Waals surface area (Å²) in [6.07, 6.45) is 0. The summed E-state index contributed by atoms with van der Waals surface area (Å²) in [5.74, 6) is -1.01. The van der Waals surface area contributed by atoms with Crippen molar-refractivity contribution in [2.24, 2.45) is 0 Å². The first-order chi connectivity index (χ1) is 9.06.